The molecule has 1 unspecified atom stereocenters. The number of rotatable bonds is 8. The first-order valence-electron chi connectivity index (χ1n) is 10.8. The first-order chi connectivity index (χ1) is 15.7. The molecule has 0 saturated carbocycles. The van der Waals surface area contributed by atoms with Crippen molar-refractivity contribution in [1.82, 2.24) is 0 Å². The van der Waals surface area contributed by atoms with Crippen molar-refractivity contribution in [2.24, 2.45) is 0 Å². The fourth-order valence-electron chi connectivity index (χ4n) is 4.25. The summed E-state index contributed by atoms with van der Waals surface area (Å²) in [6.45, 7) is 0.759. The molecule has 0 aliphatic carbocycles. The summed E-state index contributed by atoms with van der Waals surface area (Å²) < 4.78 is 22.5. The van der Waals surface area contributed by atoms with Crippen molar-refractivity contribution in [3.05, 3.63) is 84.9 Å². The molecule has 0 aromatic heterocycles. The molecule has 1 aliphatic rings. The van der Waals surface area contributed by atoms with Crippen LogP contribution in [0.1, 0.15) is 6.42 Å². The molecule has 0 fully saturated rings. The Kier molecular flexibility index (Phi) is 7.14. The van der Waals surface area contributed by atoms with Crippen molar-refractivity contribution in [1.29, 1.82) is 0 Å². The molecular weight excluding hydrogens is 419 g/mol. The minimum Gasteiger partial charge on any atom is -0.497 e. The van der Waals surface area contributed by atoms with E-state index in [4.69, 9.17) is 18.9 Å². The van der Waals surface area contributed by atoms with E-state index in [1.807, 2.05) is 0 Å². The summed E-state index contributed by atoms with van der Waals surface area (Å²) in [6, 6.07) is 25.5. The average Bonchev–Trinajstić information content (AvgIpc) is 2.88. The van der Waals surface area contributed by atoms with E-state index in [0.717, 1.165) is 36.4 Å². The first-order valence-corrected chi connectivity index (χ1v) is 12.8. The van der Waals surface area contributed by atoms with E-state index in [2.05, 4.69) is 84.9 Å². The highest BCUT2D eigenvalue weighted by Crippen LogP contribution is 2.56. The average molecular weight is 450 g/mol. The standard InChI is InChI=1S/C27H30O4P/c1-28-21-7-13-25(14-8-21)32(20-24-6-4-5-19-31-24,26-15-9-22(29-2)10-16-26)27-17-11-23(30-3)12-18-27/h4,6-18,24H,5,19-20H2,1-3H3/q+1. The Labute approximate surface area is 191 Å². The molecule has 1 aliphatic heterocycles. The molecule has 0 amide bonds. The highest BCUT2D eigenvalue weighted by molar-refractivity contribution is 7.95. The van der Waals surface area contributed by atoms with Crippen LogP contribution in [-0.4, -0.2) is 40.2 Å². The van der Waals surface area contributed by atoms with Gasteiger partial charge < -0.3 is 18.9 Å². The zero-order valence-electron chi connectivity index (χ0n) is 18.9. The third kappa shape index (κ3) is 4.53. The molecule has 0 N–H and O–H groups in total. The van der Waals surface area contributed by atoms with Crippen LogP contribution in [0.4, 0.5) is 0 Å². The lowest BCUT2D eigenvalue weighted by Gasteiger charge is -2.31. The third-order valence-electron chi connectivity index (χ3n) is 5.96. The number of benzene rings is 3. The van der Waals surface area contributed by atoms with Gasteiger partial charge in [-0.25, -0.2) is 0 Å². The maximum atomic E-state index is 6.20. The number of hydrogen-bond acceptors (Lipinski definition) is 4. The second-order valence-electron chi connectivity index (χ2n) is 7.71. The van der Waals surface area contributed by atoms with Gasteiger partial charge in [0.1, 0.15) is 52.7 Å². The van der Waals surface area contributed by atoms with Gasteiger partial charge in [-0.05, 0) is 79.2 Å². The predicted molar refractivity (Wildman–Crippen MR) is 133 cm³/mol. The Morgan fingerprint density at radius 3 is 1.41 bits per heavy atom. The van der Waals surface area contributed by atoms with Gasteiger partial charge in [-0.2, -0.15) is 0 Å². The molecule has 1 atom stereocenters. The highest BCUT2D eigenvalue weighted by atomic mass is 31.2. The minimum absolute atomic E-state index is 0.0587. The molecule has 0 radical (unpaired) electrons. The zero-order valence-corrected chi connectivity index (χ0v) is 19.8. The normalized spacial score (nSPS) is 15.9. The maximum absolute atomic E-state index is 6.20. The fourth-order valence-corrected chi connectivity index (χ4v) is 8.52. The van der Waals surface area contributed by atoms with Crippen molar-refractivity contribution >= 4 is 23.2 Å². The minimum atomic E-state index is -2.06. The van der Waals surface area contributed by atoms with Crippen LogP contribution in [0, 0.1) is 0 Å². The molecule has 1 heterocycles. The van der Waals surface area contributed by atoms with Crippen LogP contribution in [-0.2, 0) is 4.74 Å². The fraction of sp³-hybridized carbons (Fsp3) is 0.259. The van der Waals surface area contributed by atoms with Crippen molar-refractivity contribution in [3.63, 3.8) is 0 Å². The SMILES string of the molecule is COc1ccc([P+](CC2C=CCCO2)(c2ccc(OC)cc2)c2ccc(OC)cc2)cc1. The summed E-state index contributed by atoms with van der Waals surface area (Å²) in [4.78, 5) is 0. The Morgan fingerprint density at radius 1 is 0.688 bits per heavy atom. The van der Waals surface area contributed by atoms with Gasteiger partial charge in [0.25, 0.3) is 0 Å². The van der Waals surface area contributed by atoms with Gasteiger partial charge in [-0.1, -0.05) is 12.2 Å². The molecule has 0 spiro atoms. The van der Waals surface area contributed by atoms with Gasteiger partial charge in [0.05, 0.1) is 27.9 Å². The van der Waals surface area contributed by atoms with Gasteiger partial charge in [0, 0.05) is 0 Å². The molecule has 4 rings (SSSR count). The van der Waals surface area contributed by atoms with Gasteiger partial charge >= 0.3 is 0 Å². The number of ether oxygens (including phenoxy) is 4. The van der Waals surface area contributed by atoms with E-state index in [1.54, 1.807) is 21.3 Å². The smallest absolute Gasteiger partial charge is 0.119 e. The summed E-state index contributed by atoms with van der Waals surface area (Å²) in [7, 11) is 3.04. The Hall–Kier alpha value is -2.81. The third-order valence-corrected chi connectivity index (χ3v) is 10.4. The number of hydrogen-bond donors (Lipinski definition) is 0. The second kappa shape index (κ2) is 10.2. The molecule has 32 heavy (non-hydrogen) atoms. The van der Waals surface area contributed by atoms with Gasteiger partial charge in [-0.3, -0.25) is 0 Å². The molecule has 166 valence electrons. The van der Waals surface area contributed by atoms with E-state index in [9.17, 15) is 0 Å². The lowest BCUT2D eigenvalue weighted by molar-refractivity contribution is 0.0948. The second-order valence-corrected chi connectivity index (χ2v) is 11.2. The predicted octanol–water partition coefficient (Wildman–Crippen LogP) is 4.35. The maximum Gasteiger partial charge on any atom is 0.119 e. The van der Waals surface area contributed by atoms with E-state index >= 15 is 0 Å². The van der Waals surface area contributed by atoms with Crippen molar-refractivity contribution < 1.29 is 18.9 Å². The van der Waals surface area contributed by atoms with Gasteiger partial charge in [-0.15, -0.1) is 0 Å². The summed E-state index contributed by atoms with van der Waals surface area (Å²) >= 11 is 0. The highest BCUT2D eigenvalue weighted by Gasteiger charge is 2.47. The van der Waals surface area contributed by atoms with Crippen LogP contribution in [0.25, 0.3) is 0 Å². The van der Waals surface area contributed by atoms with Crippen LogP contribution in [0.3, 0.4) is 0 Å². The van der Waals surface area contributed by atoms with E-state index in [0.29, 0.717) is 0 Å². The van der Waals surface area contributed by atoms with Crippen LogP contribution in [0.5, 0.6) is 17.2 Å². The summed E-state index contributed by atoms with van der Waals surface area (Å²) in [6.07, 6.45) is 6.36. The molecule has 5 heteroatoms. The lowest BCUT2D eigenvalue weighted by Crippen LogP contribution is -2.37. The summed E-state index contributed by atoms with van der Waals surface area (Å²) in [5.41, 5.74) is 0. The summed E-state index contributed by atoms with van der Waals surface area (Å²) in [5.74, 6) is 2.56. The van der Waals surface area contributed by atoms with Crippen LogP contribution in [0.15, 0.2) is 84.9 Å². The zero-order chi connectivity index (χ0) is 22.4. The molecule has 3 aromatic rings. The quantitative estimate of drug-likeness (QED) is 0.379. The topological polar surface area (TPSA) is 36.9 Å². The van der Waals surface area contributed by atoms with Crippen molar-refractivity contribution in [2.75, 3.05) is 34.1 Å². The first kappa shape index (κ1) is 22.4. The van der Waals surface area contributed by atoms with Crippen LogP contribution in [0.2, 0.25) is 0 Å². The largest absolute Gasteiger partial charge is 0.497 e. The Morgan fingerprint density at radius 2 is 1.09 bits per heavy atom. The molecular formula is C27H30O4P+. The Balaban J connectivity index is 1.93. The lowest BCUT2D eigenvalue weighted by atomic mass is 10.2. The van der Waals surface area contributed by atoms with E-state index < -0.39 is 7.26 Å². The van der Waals surface area contributed by atoms with Crippen molar-refractivity contribution in [3.8, 4) is 17.2 Å². The van der Waals surface area contributed by atoms with E-state index in [1.165, 1.54) is 15.9 Å². The molecule has 0 bridgehead atoms. The summed E-state index contributed by atoms with van der Waals surface area (Å²) in [5, 5.41) is 3.86. The molecule has 4 nitrogen and oxygen atoms in total. The monoisotopic (exact) mass is 449 g/mol. The number of methoxy groups -OCH3 is 3. The molecule has 0 saturated heterocycles. The molecule has 3 aromatic carbocycles. The van der Waals surface area contributed by atoms with Gasteiger partial charge in [0.2, 0.25) is 0 Å². The Bertz CT molecular complexity index is 911. The van der Waals surface area contributed by atoms with Crippen molar-refractivity contribution in [2.45, 2.75) is 12.5 Å². The van der Waals surface area contributed by atoms with E-state index in [-0.39, 0.29) is 6.10 Å². The van der Waals surface area contributed by atoms with Gasteiger partial charge in [0.15, 0.2) is 0 Å². The van der Waals surface area contributed by atoms with Crippen LogP contribution < -0.4 is 30.1 Å². The van der Waals surface area contributed by atoms with Crippen LogP contribution >= 0.6 is 7.26 Å².